The Labute approximate surface area is 119 Å². The lowest BCUT2D eigenvalue weighted by Gasteiger charge is -2.31. The van der Waals surface area contributed by atoms with E-state index in [9.17, 15) is 4.79 Å². The van der Waals surface area contributed by atoms with Crippen molar-refractivity contribution in [1.29, 1.82) is 0 Å². The Balaban J connectivity index is 1.86. The van der Waals surface area contributed by atoms with Crippen molar-refractivity contribution in [3.63, 3.8) is 0 Å². The minimum Gasteiger partial charge on any atom is -0.478 e. The molecule has 0 spiro atoms. The molecule has 0 saturated carbocycles. The minimum absolute atomic E-state index is 0.304. The number of carbonyl (C=O) groups is 1. The molecule has 1 heterocycles. The van der Waals surface area contributed by atoms with Gasteiger partial charge in [0.2, 0.25) is 0 Å². The predicted molar refractivity (Wildman–Crippen MR) is 78.2 cm³/mol. The van der Waals surface area contributed by atoms with Gasteiger partial charge in [-0.25, -0.2) is 4.79 Å². The molecule has 0 unspecified atom stereocenters. The van der Waals surface area contributed by atoms with Crippen LogP contribution in [0.25, 0.3) is 6.08 Å². The maximum atomic E-state index is 10.4. The lowest BCUT2D eigenvalue weighted by atomic mass is 9.97. The van der Waals surface area contributed by atoms with Crippen molar-refractivity contribution in [2.45, 2.75) is 19.4 Å². The summed E-state index contributed by atoms with van der Waals surface area (Å²) in [5, 5.41) is 17.7. The number of rotatable bonds is 5. The van der Waals surface area contributed by atoms with Gasteiger partial charge in [0.25, 0.3) is 0 Å². The molecule has 2 rings (SSSR count). The van der Waals surface area contributed by atoms with E-state index < -0.39 is 5.97 Å². The number of likely N-dealkylation sites (tertiary alicyclic amines) is 1. The monoisotopic (exact) mass is 275 g/mol. The first-order chi connectivity index (χ1) is 9.67. The van der Waals surface area contributed by atoms with Crippen LogP contribution in [-0.2, 0) is 11.3 Å². The van der Waals surface area contributed by atoms with E-state index in [-0.39, 0.29) is 0 Å². The minimum atomic E-state index is -0.930. The van der Waals surface area contributed by atoms with Gasteiger partial charge in [0.15, 0.2) is 0 Å². The molecule has 0 bridgehead atoms. The third kappa shape index (κ3) is 4.47. The van der Waals surface area contributed by atoms with Crippen LogP contribution in [0.3, 0.4) is 0 Å². The first-order valence-corrected chi connectivity index (χ1v) is 7.00. The highest BCUT2D eigenvalue weighted by molar-refractivity contribution is 5.85. The Morgan fingerprint density at radius 1 is 1.25 bits per heavy atom. The number of aliphatic hydroxyl groups excluding tert-OH is 1. The molecular weight excluding hydrogens is 254 g/mol. The van der Waals surface area contributed by atoms with Crippen molar-refractivity contribution < 1.29 is 15.0 Å². The summed E-state index contributed by atoms with van der Waals surface area (Å²) in [5.74, 6) is -0.462. The van der Waals surface area contributed by atoms with Gasteiger partial charge in [0.1, 0.15) is 0 Å². The Morgan fingerprint density at radius 2 is 1.90 bits per heavy atom. The van der Waals surface area contributed by atoms with Crippen LogP contribution in [0.5, 0.6) is 0 Å². The van der Waals surface area contributed by atoms with E-state index in [1.165, 1.54) is 5.56 Å². The van der Waals surface area contributed by atoms with E-state index >= 15 is 0 Å². The van der Waals surface area contributed by atoms with Crippen molar-refractivity contribution in [2.24, 2.45) is 5.92 Å². The van der Waals surface area contributed by atoms with Crippen LogP contribution >= 0.6 is 0 Å². The van der Waals surface area contributed by atoms with Crippen molar-refractivity contribution in [3.05, 3.63) is 41.5 Å². The van der Waals surface area contributed by atoms with Gasteiger partial charge >= 0.3 is 5.97 Å². The lowest BCUT2D eigenvalue weighted by molar-refractivity contribution is -0.131. The van der Waals surface area contributed by atoms with E-state index in [0.29, 0.717) is 12.5 Å². The molecule has 1 fully saturated rings. The summed E-state index contributed by atoms with van der Waals surface area (Å²) >= 11 is 0. The summed E-state index contributed by atoms with van der Waals surface area (Å²) in [6.07, 6.45) is 4.87. The number of benzene rings is 1. The number of nitrogens with zero attached hydrogens (tertiary/aromatic N) is 1. The first-order valence-electron chi connectivity index (χ1n) is 7.00. The quantitative estimate of drug-likeness (QED) is 0.807. The average molecular weight is 275 g/mol. The summed E-state index contributed by atoms with van der Waals surface area (Å²) in [4.78, 5) is 12.8. The maximum Gasteiger partial charge on any atom is 0.328 e. The molecule has 0 amide bonds. The second-order valence-corrected chi connectivity index (χ2v) is 5.32. The summed E-state index contributed by atoms with van der Waals surface area (Å²) < 4.78 is 0. The van der Waals surface area contributed by atoms with Crippen LogP contribution in [0.15, 0.2) is 30.3 Å². The number of aliphatic hydroxyl groups is 1. The van der Waals surface area contributed by atoms with E-state index in [1.807, 2.05) is 24.3 Å². The van der Waals surface area contributed by atoms with Gasteiger partial charge in [-0.15, -0.1) is 0 Å². The molecule has 108 valence electrons. The number of hydrogen-bond donors (Lipinski definition) is 2. The second-order valence-electron chi connectivity index (χ2n) is 5.32. The molecule has 0 aliphatic carbocycles. The van der Waals surface area contributed by atoms with Crippen molar-refractivity contribution in [3.8, 4) is 0 Å². The largest absolute Gasteiger partial charge is 0.478 e. The van der Waals surface area contributed by atoms with E-state index in [4.69, 9.17) is 10.2 Å². The Morgan fingerprint density at radius 3 is 2.45 bits per heavy atom. The van der Waals surface area contributed by atoms with Crippen molar-refractivity contribution >= 4 is 12.0 Å². The SMILES string of the molecule is O=C(O)/C=C/c1ccc(CN2CCC(CO)CC2)cc1. The first kappa shape index (κ1) is 14.8. The number of carboxylic acid groups (broad SMARTS) is 1. The molecule has 1 aliphatic rings. The van der Waals surface area contributed by atoms with Crippen LogP contribution < -0.4 is 0 Å². The molecule has 1 aromatic carbocycles. The maximum absolute atomic E-state index is 10.4. The lowest BCUT2D eigenvalue weighted by Crippen LogP contribution is -2.34. The van der Waals surface area contributed by atoms with Gasteiger partial charge in [-0.2, -0.15) is 0 Å². The Hall–Kier alpha value is -1.65. The molecule has 1 aliphatic heterocycles. The third-order valence-corrected chi connectivity index (χ3v) is 3.77. The van der Waals surface area contributed by atoms with E-state index in [2.05, 4.69) is 4.90 Å². The fourth-order valence-electron chi connectivity index (χ4n) is 2.49. The molecular formula is C16H21NO3. The average Bonchev–Trinajstić information content (AvgIpc) is 2.47. The zero-order chi connectivity index (χ0) is 14.4. The number of carboxylic acids is 1. The van der Waals surface area contributed by atoms with Crippen molar-refractivity contribution in [2.75, 3.05) is 19.7 Å². The molecule has 0 radical (unpaired) electrons. The van der Waals surface area contributed by atoms with Gasteiger partial charge in [-0.3, -0.25) is 4.90 Å². The number of aliphatic carboxylic acids is 1. The van der Waals surface area contributed by atoms with Crippen LogP contribution in [0.2, 0.25) is 0 Å². The van der Waals surface area contributed by atoms with Gasteiger partial charge in [-0.05, 0) is 49.1 Å². The molecule has 20 heavy (non-hydrogen) atoms. The second kappa shape index (κ2) is 7.22. The highest BCUT2D eigenvalue weighted by atomic mass is 16.4. The zero-order valence-electron chi connectivity index (χ0n) is 11.5. The number of hydrogen-bond acceptors (Lipinski definition) is 3. The van der Waals surface area contributed by atoms with E-state index in [0.717, 1.165) is 44.1 Å². The molecule has 4 nitrogen and oxygen atoms in total. The van der Waals surface area contributed by atoms with Gasteiger partial charge in [0.05, 0.1) is 0 Å². The standard InChI is InChI=1S/C16H21NO3/c18-12-15-7-9-17(10-8-15)11-14-3-1-13(2-4-14)5-6-16(19)20/h1-6,15,18H,7-12H2,(H,19,20)/b6-5+. The summed E-state index contributed by atoms with van der Waals surface area (Å²) in [5.41, 5.74) is 2.13. The molecule has 0 atom stereocenters. The molecule has 2 N–H and O–H groups in total. The third-order valence-electron chi connectivity index (χ3n) is 3.77. The molecule has 1 saturated heterocycles. The van der Waals surface area contributed by atoms with Crippen molar-refractivity contribution in [1.82, 2.24) is 4.90 Å². The van der Waals surface area contributed by atoms with Crippen LogP contribution in [0, 0.1) is 5.92 Å². The van der Waals surface area contributed by atoms with E-state index in [1.54, 1.807) is 6.08 Å². The summed E-state index contributed by atoms with van der Waals surface area (Å²) in [7, 11) is 0. The summed E-state index contributed by atoms with van der Waals surface area (Å²) in [6.45, 7) is 3.29. The van der Waals surface area contributed by atoms with Gasteiger partial charge in [-0.1, -0.05) is 24.3 Å². The zero-order valence-corrected chi connectivity index (χ0v) is 11.5. The fraction of sp³-hybridized carbons (Fsp3) is 0.438. The summed E-state index contributed by atoms with van der Waals surface area (Å²) in [6, 6.07) is 7.96. The number of piperidine rings is 1. The van der Waals surface area contributed by atoms with Crippen LogP contribution in [0.4, 0.5) is 0 Å². The fourth-order valence-corrected chi connectivity index (χ4v) is 2.49. The topological polar surface area (TPSA) is 60.8 Å². The predicted octanol–water partition coefficient (Wildman–Crippen LogP) is 1.99. The Bertz CT molecular complexity index is 459. The smallest absolute Gasteiger partial charge is 0.328 e. The Kier molecular flexibility index (Phi) is 5.32. The van der Waals surface area contributed by atoms with Gasteiger partial charge in [0, 0.05) is 19.2 Å². The molecule has 0 aromatic heterocycles. The van der Waals surface area contributed by atoms with Crippen LogP contribution in [-0.4, -0.2) is 40.8 Å². The van der Waals surface area contributed by atoms with Crippen LogP contribution in [0.1, 0.15) is 24.0 Å². The highest BCUT2D eigenvalue weighted by Gasteiger charge is 2.18. The normalized spacial score (nSPS) is 17.6. The highest BCUT2D eigenvalue weighted by Crippen LogP contribution is 2.18. The molecule has 1 aromatic rings. The molecule has 4 heteroatoms. The van der Waals surface area contributed by atoms with Gasteiger partial charge < -0.3 is 10.2 Å².